The Bertz CT molecular complexity index is 547. The van der Waals surface area contributed by atoms with E-state index in [0.717, 1.165) is 25.1 Å². The number of benzene rings is 2. The van der Waals surface area contributed by atoms with Gasteiger partial charge in [0, 0.05) is 19.3 Å². The minimum Gasteiger partial charge on any atom is -0.399 e. The van der Waals surface area contributed by atoms with E-state index in [2.05, 4.69) is 29.2 Å². The molecule has 0 radical (unpaired) electrons. The van der Waals surface area contributed by atoms with E-state index in [1.54, 1.807) is 12.1 Å². The molecule has 20 heavy (non-hydrogen) atoms. The molecule has 2 rings (SSSR count). The van der Waals surface area contributed by atoms with Gasteiger partial charge in [-0.15, -0.1) is 0 Å². The molecule has 0 aliphatic heterocycles. The zero-order chi connectivity index (χ0) is 14.5. The van der Waals surface area contributed by atoms with Gasteiger partial charge in [0.1, 0.15) is 0 Å². The van der Waals surface area contributed by atoms with E-state index in [1.807, 2.05) is 13.1 Å². The van der Waals surface area contributed by atoms with Crippen LogP contribution >= 0.6 is 23.2 Å². The van der Waals surface area contributed by atoms with Gasteiger partial charge in [-0.1, -0.05) is 53.5 Å². The van der Waals surface area contributed by atoms with Gasteiger partial charge in [0.05, 0.1) is 15.7 Å². The largest absolute Gasteiger partial charge is 0.399 e. The second kappa shape index (κ2) is 6.87. The van der Waals surface area contributed by atoms with E-state index in [1.165, 1.54) is 5.56 Å². The first-order chi connectivity index (χ1) is 9.58. The smallest absolute Gasteiger partial charge is 0.0743 e. The number of halogens is 2. The molecule has 0 unspecified atom stereocenters. The molecule has 0 atom stereocenters. The summed E-state index contributed by atoms with van der Waals surface area (Å²) in [5.74, 6) is 0. The molecule has 0 fully saturated rings. The maximum absolute atomic E-state index is 6.22. The van der Waals surface area contributed by atoms with E-state index in [-0.39, 0.29) is 0 Å². The summed E-state index contributed by atoms with van der Waals surface area (Å²) in [6.45, 7) is 0.887. The molecule has 0 saturated heterocycles. The Labute approximate surface area is 130 Å². The van der Waals surface area contributed by atoms with Crippen molar-refractivity contribution in [3.63, 3.8) is 0 Å². The van der Waals surface area contributed by atoms with Crippen molar-refractivity contribution in [1.82, 2.24) is 0 Å². The summed E-state index contributed by atoms with van der Waals surface area (Å²) < 4.78 is 0. The van der Waals surface area contributed by atoms with Crippen LogP contribution in [0.2, 0.25) is 10.0 Å². The van der Waals surface area contributed by atoms with Gasteiger partial charge >= 0.3 is 0 Å². The van der Waals surface area contributed by atoms with Crippen LogP contribution in [0.5, 0.6) is 0 Å². The monoisotopic (exact) mass is 308 g/mol. The fraction of sp³-hybridized carbons (Fsp3) is 0.250. The maximum Gasteiger partial charge on any atom is 0.0743 e. The van der Waals surface area contributed by atoms with Crippen LogP contribution in [-0.2, 0) is 6.42 Å². The van der Waals surface area contributed by atoms with Crippen LogP contribution in [0.1, 0.15) is 12.0 Å². The summed E-state index contributed by atoms with van der Waals surface area (Å²) in [4.78, 5) is 2.08. The van der Waals surface area contributed by atoms with Gasteiger partial charge in [-0.2, -0.15) is 0 Å². The Balaban J connectivity index is 1.97. The van der Waals surface area contributed by atoms with Crippen LogP contribution in [0.25, 0.3) is 0 Å². The van der Waals surface area contributed by atoms with Gasteiger partial charge in [-0.05, 0) is 30.5 Å². The van der Waals surface area contributed by atoms with Gasteiger partial charge in [0.2, 0.25) is 0 Å². The quantitative estimate of drug-likeness (QED) is 0.815. The molecule has 2 nitrogen and oxygen atoms in total. The summed E-state index contributed by atoms with van der Waals surface area (Å²) in [5.41, 5.74) is 8.49. The normalized spacial score (nSPS) is 10.6. The van der Waals surface area contributed by atoms with Crippen molar-refractivity contribution in [2.45, 2.75) is 12.8 Å². The Hall–Kier alpha value is -1.38. The van der Waals surface area contributed by atoms with Crippen molar-refractivity contribution in [3.05, 3.63) is 58.1 Å². The zero-order valence-corrected chi connectivity index (χ0v) is 13.0. The van der Waals surface area contributed by atoms with Gasteiger partial charge < -0.3 is 10.6 Å². The van der Waals surface area contributed by atoms with E-state index in [4.69, 9.17) is 28.9 Å². The summed E-state index contributed by atoms with van der Waals surface area (Å²) in [6.07, 6.45) is 2.08. The van der Waals surface area contributed by atoms with Crippen molar-refractivity contribution in [2.75, 3.05) is 24.2 Å². The number of nitrogens with zero attached hydrogens (tertiary/aromatic N) is 1. The molecular formula is C16H18Cl2N2. The Morgan fingerprint density at radius 1 is 1.05 bits per heavy atom. The molecule has 0 saturated carbocycles. The average Bonchev–Trinajstić information content (AvgIpc) is 2.38. The fourth-order valence-electron chi connectivity index (χ4n) is 2.23. The van der Waals surface area contributed by atoms with E-state index in [9.17, 15) is 0 Å². The highest BCUT2D eigenvalue weighted by atomic mass is 35.5. The van der Waals surface area contributed by atoms with Gasteiger partial charge in [0.25, 0.3) is 0 Å². The molecule has 0 bridgehead atoms. The molecule has 0 aliphatic carbocycles. The average molecular weight is 309 g/mol. The van der Waals surface area contributed by atoms with Crippen molar-refractivity contribution < 1.29 is 0 Å². The molecule has 2 aromatic rings. The van der Waals surface area contributed by atoms with Crippen molar-refractivity contribution >= 4 is 34.6 Å². The van der Waals surface area contributed by atoms with Crippen molar-refractivity contribution in [2.24, 2.45) is 0 Å². The van der Waals surface area contributed by atoms with Gasteiger partial charge in [0.15, 0.2) is 0 Å². The summed E-state index contributed by atoms with van der Waals surface area (Å²) >= 11 is 12.4. The van der Waals surface area contributed by atoms with Crippen LogP contribution in [0.4, 0.5) is 11.4 Å². The van der Waals surface area contributed by atoms with Crippen LogP contribution in [0.3, 0.4) is 0 Å². The highest BCUT2D eigenvalue weighted by Crippen LogP contribution is 2.35. The zero-order valence-electron chi connectivity index (χ0n) is 11.4. The molecule has 2 aromatic carbocycles. The second-order valence-corrected chi connectivity index (χ2v) is 5.66. The first-order valence-electron chi connectivity index (χ1n) is 6.57. The molecule has 0 aliphatic rings. The topological polar surface area (TPSA) is 29.3 Å². The lowest BCUT2D eigenvalue weighted by Crippen LogP contribution is -2.20. The first-order valence-corrected chi connectivity index (χ1v) is 7.33. The van der Waals surface area contributed by atoms with Gasteiger partial charge in [-0.3, -0.25) is 0 Å². The highest BCUT2D eigenvalue weighted by Gasteiger charge is 2.11. The predicted molar refractivity (Wildman–Crippen MR) is 88.9 cm³/mol. The molecule has 0 heterocycles. The Morgan fingerprint density at radius 3 is 2.25 bits per heavy atom. The fourth-order valence-corrected chi connectivity index (χ4v) is 3.02. The maximum atomic E-state index is 6.22. The predicted octanol–water partition coefficient (Wildman–Crippen LogP) is 4.64. The van der Waals surface area contributed by atoms with Crippen molar-refractivity contribution in [3.8, 4) is 0 Å². The van der Waals surface area contributed by atoms with Gasteiger partial charge in [-0.25, -0.2) is 0 Å². The number of hydrogen-bond acceptors (Lipinski definition) is 2. The third kappa shape index (κ3) is 3.81. The third-order valence-corrected chi connectivity index (χ3v) is 3.80. The SMILES string of the molecule is CN(CCCc1ccccc1)c1c(Cl)cc(N)cc1Cl. The molecule has 0 aromatic heterocycles. The number of rotatable bonds is 5. The molecule has 0 spiro atoms. The molecule has 0 amide bonds. The minimum absolute atomic E-state index is 0.585. The molecule has 106 valence electrons. The lowest BCUT2D eigenvalue weighted by Gasteiger charge is -2.22. The van der Waals surface area contributed by atoms with E-state index >= 15 is 0 Å². The van der Waals surface area contributed by atoms with Crippen LogP contribution < -0.4 is 10.6 Å². The number of anilines is 2. The van der Waals surface area contributed by atoms with E-state index in [0.29, 0.717) is 15.7 Å². The van der Waals surface area contributed by atoms with Crippen LogP contribution in [0.15, 0.2) is 42.5 Å². The van der Waals surface area contributed by atoms with Crippen molar-refractivity contribution in [1.29, 1.82) is 0 Å². The third-order valence-electron chi connectivity index (χ3n) is 3.22. The van der Waals surface area contributed by atoms with Crippen LogP contribution in [0, 0.1) is 0 Å². The molecule has 4 heteroatoms. The lowest BCUT2D eigenvalue weighted by molar-refractivity contribution is 0.786. The van der Waals surface area contributed by atoms with E-state index < -0.39 is 0 Å². The Morgan fingerprint density at radius 2 is 1.65 bits per heavy atom. The number of aryl methyl sites for hydroxylation is 1. The number of hydrogen-bond donors (Lipinski definition) is 1. The minimum atomic E-state index is 0.585. The van der Waals surface area contributed by atoms with Crippen LogP contribution in [-0.4, -0.2) is 13.6 Å². The summed E-state index contributed by atoms with van der Waals surface area (Å²) in [6, 6.07) is 13.9. The lowest BCUT2D eigenvalue weighted by atomic mass is 10.1. The first kappa shape index (κ1) is 15.0. The number of nitrogens with two attached hydrogens (primary N) is 1. The molecular weight excluding hydrogens is 291 g/mol. The summed E-state index contributed by atoms with van der Waals surface area (Å²) in [5, 5.41) is 1.19. The standard InChI is InChI=1S/C16H18Cl2N2/c1-20(9-5-8-12-6-3-2-4-7-12)16-14(17)10-13(19)11-15(16)18/h2-4,6-7,10-11H,5,8-9,19H2,1H3. The molecule has 2 N–H and O–H groups in total. The second-order valence-electron chi connectivity index (χ2n) is 4.84. The highest BCUT2D eigenvalue weighted by molar-refractivity contribution is 6.39. The Kier molecular flexibility index (Phi) is 5.16. The number of nitrogen functional groups attached to an aromatic ring is 1. The summed E-state index contributed by atoms with van der Waals surface area (Å²) in [7, 11) is 1.99.